The number of hydrogen-bond donors (Lipinski definition) is 1. The van der Waals surface area contributed by atoms with Crippen LogP contribution in [0.2, 0.25) is 0 Å². The molecule has 0 aliphatic heterocycles. The van der Waals surface area contributed by atoms with E-state index in [4.69, 9.17) is 9.47 Å². The molecule has 0 amide bonds. The number of hydrogen-bond acceptors (Lipinski definition) is 4. The van der Waals surface area contributed by atoms with Crippen LogP contribution in [0.15, 0.2) is 65.5 Å². The van der Waals surface area contributed by atoms with Crippen LogP contribution in [0.25, 0.3) is 11.4 Å². The second-order valence-corrected chi connectivity index (χ2v) is 5.29. The summed E-state index contributed by atoms with van der Waals surface area (Å²) in [4.78, 5) is 19.1. The molecule has 0 bridgehead atoms. The maximum Gasteiger partial charge on any atom is 0.251 e. The fourth-order valence-electron chi connectivity index (χ4n) is 2.38. The predicted octanol–water partition coefficient (Wildman–Crippen LogP) is 3.16. The molecule has 0 saturated heterocycles. The summed E-state index contributed by atoms with van der Waals surface area (Å²) in [5.41, 5.74) is 2.17. The smallest absolute Gasteiger partial charge is 0.251 e. The van der Waals surface area contributed by atoms with Gasteiger partial charge in [0.25, 0.3) is 5.56 Å². The lowest BCUT2D eigenvalue weighted by Gasteiger charge is -2.11. The molecule has 122 valence electrons. The molecule has 1 heterocycles. The average molecular weight is 322 g/mol. The maximum atomic E-state index is 11.9. The predicted molar refractivity (Wildman–Crippen MR) is 91.8 cm³/mol. The first kappa shape index (κ1) is 16.0. The van der Waals surface area contributed by atoms with Crippen LogP contribution in [0.3, 0.4) is 0 Å². The maximum absolute atomic E-state index is 11.9. The molecule has 5 heteroatoms. The van der Waals surface area contributed by atoms with Gasteiger partial charge in [-0.15, -0.1) is 0 Å². The topological polar surface area (TPSA) is 64.2 Å². The van der Waals surface area contributed by atoms with E-state index in [-0.39, 0.29) is 12.2 Å². The number of rotatable bonds is 6. The summed E-state index contributed by atoms with van der Waals surface area (Å²) in [6.07, 6.45) is 0. The number of H-pyrrole nitrogens is 1. The zero-order chi connectivity index (χ0) is 16.8. The van der Waals surface area contributed by atoms with Crippen LogP contribution in [0, 0.1) is 0 Å². The fraction of sp³-hybridized carbons (Fsp3) is 0.158. The minimum Gasteiger partial charge on any atom is -0.488 e. The van der Waals surface area contributed by atoms with Gasteiger partial charge in [-0.1, -0.05) is 42.5 Å². The Balaban J connectivity index is 1.90. The van der Waals surface area contributed by atoms with Crippen molar-refractivity contribution in [3.05, 3.63) is 82.3 Å². The Hall–Kier alpha value is -2.92. The van der Waals surface area contributed by atoms with Gasteiger partial charge in [0, 0.05) is 13.2 Å². The van der Waals surface area contributed by atoms with Gasteiger partial charge in [0.1, 0.15) is 18.2 Å². The van der Waals surface area contributed by atoms with Gasteiger partial charge >= 0.3 is 0 Å². The first-order valence-electron chi connectivity index (χ1n) is 7.61. The second-order valence-electron chi connectivity index (χ2n) is 5.29. The first-order valence-corrected chi connectivity index (χ1v) is 7.61. The van der Waals surface area contributed by atoms with Crippen molar-refractivity contribution in [2.75, 3.05) is 7.11 Å². The van der Waals surface area contributed by atoms with Crippen LogP contribution in [0.4, 0.5) is 0 Å². The summed E-state index contributed by atoms with van der Waals surface area (Å²) in [6.45, 7) is 0.726. The number of para-hydroxylation sites is 1. The molecule has 0 radical (unpaired) electrons. The third-order valence-electron chi connectivity index (χ3n) is 3.47. The Kier molecular flexibility index (Phi) is 5.03. The average Bonchev–Trinajstić information content (AvgIpc) is 2.61. The van der Waals surface area contributed by atoms with Gasteiger partial charge in [0.2, 0.25) is 0 Å². The minimum absolute atomic E-state index is 0.218. The third-order valence-corrected chi connectivity index (χ3v) is 3.47. The highest BCUT2D eigenvalue weighted by Crippen LogP contribution is 2.27. The molecule has 0 atom stereocenters. The number of benzene rings is 2. The van der Waals surface area contributed by atoms with Gasteiger partial charge in [-0.3, -0.25) is 4.79 Å². The summed E-state index contributed by atoms with van der Waals surface area (Å²) >= 11 is 0. The molecule has 3 aromatic rings. The molecule has 1 N–H and O–H groups in total. The lowest BCUT2D eigenvalue weighted by Crippen LogP contribution is -2.11. The number of ether oxygens (including phenoxy) is 2. The molecule has 0 saturated carbocycles. The van der Waals surface area contributed by atoms with Gasteiger partial charge < -0.3 is 14.5 Å². The molecule has 3 rings (SSSR count). The molecule has 1 aromatic heterocycles. The molecule has 0 unspecified atom stereocenters. The van der Waals surface area contributed by atoms with E-state index < -0.39 is 0 Å². The number of methoxy groups -OCH3 is 1. The largest absolute Gasteiger partial charge is 0.488 e. The zero-order valence-electron chi connectivity index (χ0n) is 13.4. The van der Waals surface area contributed by atoms with Gasteiger partial charge in [0.05, 0.1) is 17.9 Å². The Bertz CT molecular complexity index is 860. The minimum atomic E-state index is -0.218. The van der Waals surface area contributed by atoms with Crippen molar-refractivity contribution in [1.82, 2.24) is 9.97 Å². The molecule has 5 nitrogen and oxygen atoms in total. The Labute approximate surface area is 139 Å². The van der Waals surface area contributed by atoms with E-state index in [2.05, 4.69) is 9.97 Å². The SMILES string of the molecule is COCc1cc(=O)[nH]c(-c2ccccc2OCc2ccccc2)n1. The number of aromatic amines is 1. The molecular weight excluding hydrogens is 304 g/mol. The van der Waals surface area contributed by atoms with E-state index in [0.29, 0.717) is 23.9 Å². The van der Waals surface area contributed by atoms with Crippen LogP contribution < -0.4 is 10.3 Å². The fourth-order valence-corrected chi connectivity index (χ4v) is 2.38. The lowest BCUT2D eigenvalue weighted by molar-refractivity contribution is 0.181. The quantitative estimate of drug-likeness (QED) is 0.757. The molecular formula is C19H18N2O3. The lowest BCUT2D eigenvalue weighted by atomic mass is 10.2. The van der Waals surface area contributed by atoms with Crippen molar-refractivity contribution >= 4 is 0 Å². The van der Waals surface area contributed by atoms with Crippen molar-refractivity contribution < 1.29 is 9.47 Å². The second kappa shape index (κ2) is 7.57. The van der Waals surface area contributed by atoms with Crippen LogP contribution in [-0.2, 0) is 18.0 Å². The summed E-state index contributed by atoms with van der Waals surface area (Å²) in [5.74, 6) is 1.14. The van der Waals surface area contributed by atoms with E-state index in [1.165, 1.54) is 6.07 Å². The Morgan fingerprint density at radius 1 is 1.00 bits per heavy atom. The van der Waals surface area contributed by atoms with Crippen LogP contribution in [0.5, 0.6) is 5.75 Å². The van der Waals surface area contributed by atoms with Crippen molar-refractivity contribution in [2.45, 2.75) is 13.2 Å². The van der Waals surface area contributed by atoms with Crippen molar-refractivity contribution in [3.63, 3.8) is 0 Å². The summed E-state index contributed by atoms with van der Waals surface area (Å²) in [5, 5.41) is 0. The zero-order valence-corrected chi connectivity index (χ0v) is 13.4. The number of nitrogens with zero attached hydrogens (tertiary/aromatic N) is 1. The van der Waals surface area contributed by atoms with Crippen LogP contribution >= 0.6 is 0 Å². The van der Waals surface area contributed by atoms with Gasteiger partial charge in [0.15, 0.2) is 0 Å². The summed E-state index contributed by atoms with van der Waals surface area (Å²) < 4.78 is 11.0. The van der Waals surface area contributed by atoms with Gasteiger partial charge in [-0.2, -0.15) is 0 Å². The van der Waals surface area contributed by atoms with E-state index in [9.17, 15) is 4.79 Å². The van der Waals surface area contributed by atoms with Gasteiger partial charge in [-0.05, 0) is 17.7 Å². The first-order chi connectivity index (χ1) is 11.8. The van der Waals surface area contributed by atoms with Crippen molar-refractivity contribution in [2.24, 2.45) is 0 Å². The highest BCUT2D eigenvalue weighted by Gasteiger charge is 2.10. The third kappa shape index (κ3) is 3.88. The van der Waals surface area contributed by atoms with E-state index in [1.807, 2.05) is 54.6 Å². The molecule has 0 aliphatic carbocycles. The van der Waals surface area contributed by atoms with E-state index >= 15 is 0 Å². The summed E-state index contributed by atoms with van der Waals surface area (Å²) in [7, 11) is 1.57. The Morgan fingerprint density at radius 3 is 2.54 bits per heavy atom. The number of nitrogens with one attached hydrogen (secondary N) is 1. The highest BCUT2D eigenvalue weighted by atomic mass is 16.5. The monoisotopic (exact) mass is 322 g/mol. The normalized spacial score (nSPS) is 10.5. The van der Waals surface area contributed by atoms with E-state index in [1.54, 1.807) is 7.11 Å². The summed E-state index contributed by atoms with van der Waals surface area (Å²) in [6, 6.07) is 18.8. The van der Waals surface area contributed by atoms with Crippen molar-refractivity contribution in [3.8, 4) is 17.1 Å². The van der Waals surface area contributed by atoms with E-state index in [0.717, 1.165) is 11.1 Å². The molecule has 2 aromatic carbocycles. The highest BCUT2D eigenvalue weighted by molar-refractivity contribution is 5.63. The molecule has 24 heavy (non-hydrogen) atoms. The van der Waals surface area contributed by atoms with Gasteiger partial charge in [-0.25, -0.2) is 4.98 Å². The molecule has 0 fully saturated rings. The van der Waals surface area contributed by atoms with Crippen LogP contribution in [0.1, 0.15) is 11.3 Å². The van der Waals surface area contributed by atoms with Crippen LogP contribution in [-0.4, -0.2) is 17.1 Å². The van der Waals surface area contributed by atoms with Crippen molar-refractivity contribution in [1.29, 1.82) is 0 Å². The molecule has 0 spiro atoms. The standard InChI is InChI=1S/C19H18N2O3/c1-23-13-15-11-18(22)21-19(20-15)16-9-5-6-10-17(16)24-12-14-7-3-2-4-8-14/h2-11H,12-13H2,1H3,(H,20,21,22). The number of aromatic nitrogens is 2. The Morgan fingerprint density at radius 2 is 1.75 bits per heavy atom. The molecule has 0 aliphatic rings.